The Morgan fingerprint density at radius 1 is 0.739 bits per heavy atom. The highest BCUT2D eigenvalue weighted by molar-refractivity contribution is 6.07. The molecule has 0 saturated heterocycles. The number of benzene rings is 3. The largest absolute Gasteiger partial charge is 0.456 e. The smallest absolute Gasteiger partial charge is 0.135 e. The molecule has 1 heteroatoms. The molecule has 1 nitrogen and oxygen atoms in total. The molecule has 3 aromatic carbocycles. The Kier molecular flexibility index (Phi) is 2.28. The Balaban J connectivity index is 1.94. The molecule has 112 valence electrons. The van der Waals surface area contributed by atoms with E-state index in [9.17, 15) is 0 Å². The summed E-state index contributed by atoms with van der Waals surface area (Å²) in [5.74, 6) is 0. The van der Waals surface area contributed by atoms with Crippen molar-refractivity contribution >= 4 is 21.9 Å². The van der Waals surface area contributed by atoms with Gasteiger partial charge < -0.3 is 4.42 Å². The SMILES string of the molecule is Cc1ccc2oc3cc4c(cc3c2c1)-c1ccccc1C4(C)C. The van der Waals surface area contributed by atoms with E-state index in [0.717, 1.165) is 11.2 Å². The van der Waals surface area contributed by atoms with E-state index < -0.39 is 0 Å². The first-order valence-corrected chi connectivity index (χ1v) is 8.13. The Hall–Kier alpha value is -2.54. The van der Waals surface area contributed by atoms with Crippen molar-refractivity contribution in [2.24, 2.45) is 0 Å². The van der Waals surface area contributed by atoms with Crippen LogP contribution in [0.3, 0.4) is 0 Å². The topological polar surface area (TPSA) is 13.1 Å². The van der Waals surface area contributed by atoms with Crippen LogP contribution in [0.5, 0.6) is 0 Å². The van der Waals surface area contributed by atoms with E-state index in [0.29, 0.717) is 0 Å². The lowest BCUT2D eigenvalue weighted by molar-refractivity contribution is 0.647. The number of rotatable bonds is 0. The van der Waals surface area contributed by atoms with Crippen LogP contribution in [-0.4, -0.2) is 0 Å². The molecule has 0 aliphatic heterocycles. The first kappa shape index (κ1) is 13.0. The number of hydrogen-bond acceptors (Lipinski definition) is 1. The van der Waals surface area contributed by atoms with Crippen LogP contribution >= 0.6 is 0 Å². The molecule has 1 aromatic heterocycles. The molecule has 0 atom stereocenters. The summed E-state index contributed by atoms with van der Waals surface area (Å²) in [4.78, 5) is 0. The molecule has 23 heavy (non-hydrogen) atoms. The van der Waals surface area contributed by atoms with E-state index in [1.165, 1.54) is 38.6 Å². The quantitative estimate of drug-likeness (QED) is 0.376. The second-order valence-corrected chi connectivity index (χ2v) is 7.17. The van der Waals surface area contributed by atoms with Gasteiger partial charge in [0.2, 0.25) is 0 Å². The Morgan fingerprint density at radius 2 is 1.52 bits per heavy atom. The molecule has 0 spiro atoms. The fourth-order valence-corrected chi connectivity index (χ4v) is 4.08. The fourth-order valence-electron chi connectivity index (χ4n) is 4.08. The third kappa shape index (κ3) is 1.57. The maximum absolute atomic E-state index is 6.12. The summed E-state index contributed by atoms with van der Waals surface area (Å²) >= 11 is 0. The van der Waals surface area contributed by atoms with Gasteiger partial charge >= 0.3 is 0 Å². The van der Waals surface area contributed by atoms with E-state index >= 15 is 0 Å². The normalized spacial score (nSPS) is 15.1. The third-order valence-corrected chi connectivity index (χ3v) is 5.33. The number of aryl methyl sites for hydroxylation is 1. The summed E-state index contributed by atoms with van der Waals surface area (Å²) < 4.78 is 6.12. The van der Waals surface area contributed by atoms with Gasteiger partial charge in [-0.05, 0) is 53.4 Å². The monoisotopic (exact) mass is 298 g/mol. The Morgan fingerprint density at radius 3 is 2.39 bits per heavy atom. The van der Waals surface area contributed by atoms with Crippen molar-refractivity contribution in [3.63, 3.8) is 0 Å². The predicted molar refractivity (Wildman–Crippen MR) is 96.0 cm³/mol. The van der Waals surface area contributed by atoms with Crippen molar-refractivity contribution in [2.45, 2.75) is 26.2 Å². The average Bonchev–Trinajstić information content (AvgIpc) is 3.00. The minimum absolute atomic E-state index is 0.0228. The average molecular weight is 298 g/mol. The van der Waals surface area contributed by atoms with Gasteiger partial charge in [0, 0.05) is 16.2 Å². The highest BCUT2D eigenvalue weighted by Crippen LogP contribution is 2.50. The second kappa shape index (κ2) is 4.05. The zero-order chi connectivity index (χ0) is 15.8. The van der Waals surface area contributed by atoms with Crippen molar-refractivity contribution in [3.05, 3.63) is 71.3 Å². The van der Waals surface area contributed by atoms with E-state index in [4.69, 9.17) is 4.42 Å². The lowest BCUT2D eigenvalue weighted by atomic mass is 9.82. The summed E-state index contributed by atoms with van der Waals surface area (Å²) in [7, 11) is 0. The van der Waals surface area contributed by atoms with Crippen LogP contribution in [0.25, 0.3) is 33.1 Å². The summed E-state index contributed by atoms with van der Waals surface area (Å²) in [6.45, 7) is 6.73. The van der Waals surface area contributed by atoms with Gasteiger partial charge in [0.1, 0.15) is 11.2 Å². The Bertz CT molecular complexity index is 1100. The van der Waals surface area contributed by atoms with Crippen molar-refractivity contribution in [3.8, 4) is 11.1 Å². The molecule has 0 saturated carbocycles. The molecular formula is C22H18O. The zero-order valence-electron chi connectivity index (χ0n) is 13.6. The van der Waals surface area contributed by atoms with Crippen molar-refractivity contribution in [2.75, 3.05) is 0 Å². The van der Waals surface area contributed by atoms with Crippen molar-refractivity contribution in [1.29, 1.82) is 0 Å². The zero-order valence-corrected chi connectivity index (χ0v) is 13.6. The molecule has 0 fully saturated rings. The van der Waals surface area contributed by atoms with Gasteiger partial charge in [-0.15, -0.1) is 0 Å². The van der Waals surface area contributed by atoms with Gasteiger partial charge in [-0.1, -0.05) is 49.7 Å². The first-order valence-electron chi connectivity index (χ1n) is 8.13. The van der Waals surface area contributed by atoms with Gasteiger partial charge in [-0.2, -0.15) is 0 Å². The van der Waals surface area contributed by atoms with Gasteiger partial charge in [0.25, 0.3) is 0 Å². The van der Waals surface area contributed by atoms with E-state index in [1.54, 1.807) is 0 Å². The molecule has 1 aliphatic carbocycles. The van der Waals surface area contributed by atoms with Gasteiger partial charge in [-0.25, -0.2) is 0 Å². The summed E-state index contributed by atoms with van der Waals surface area (Å²) in [5, 5.41) is 2.43. The summed E-state index contributed by atoms with van der Waals surface area (Å²) in [6, 6.07) is 19.7. The van der Waals surface area contributed by atoms with E-state index in [1.807, 2.05) is 0 Å². The van der Waals surface area contributed by atoms with E-state index in [-0.39, 0.29) is 5.41 Å². The van der Waals surface area contributed by atoms with Crippen molar-refractivity contribution in [1.82, 2.24) is 0 Å². The number of fused-ring (bicyclic) bond motifs is 6. The second-order valence-electron chi connectivity index (χ2n) is 7.17. The van der Waals surface area contributed by atoms with Crippen LogP contribution in [0.2, 0.25) is 0 Å². The van der Waals surface area contributed by atoms with Gasteiger partial charge in [0.05, 0.1) is 0 Å². The van der Waals surface area contributed by atoms with Crippen molar-refractivity contribution < 1.29 is 4.42 Å². The molecule has 0 unspecified atom stereocenters. The van der Waals surface area contributed by atoms with Gasteiger partial charge in [0.15, 0.2) is 0 Å². The molecule has 0 bridgehead atoms. The van der Waals surface area contributed by atoms with Gasteiger partial charge in [-0.3, -0.25) is 0 Å². The molecule has 4 aromatic rings. The first-order chi connectivity index (χ1) is 11.1. The predicted octanol–water partition coefficient (Wildman–Crippen LogP) is 6.20. The number of furan rings is 1. The fraction of sp³-hybridized carbons (Fsp3) is 0.182. The molecule has 1 heterocycles. The van der Waals surface area contributed by atoms with Crippen LogP contribution in [0, 0.1) is 6.92 Å². The lowest BCUT2D eigenvalue weighted by Crippen LogP contribution is -2.14. The molecule has 0 radical (unpaired) electrons. The van der Waals surface area contributed by atoms with Crippen LogP contribution in [0.15, 0.2) is 59.0 Å². The highest BCUT2D eigenvalue weighted by Gasteiger charge is 2.35. The van der Waals surface area contributed by atoms with Crippen LogP contribution in [0.1, 0.15) is 30.5 Å². The van der Waals surface area contributed by atoms with E-state index in [2.05, 4.69) is 75.4 Å². The minimum atomic E-state index is 0.0228. The van der Waals surface area contributed by atoms with Crippen LogP contribution < -0.4 is 0 Å². The highest BCUT2D eigenvalue weighted by atomic mass is 16.3. The maximum atomic E-state index is 6.12. The molecule has 0 amide bonds. The minimum Gasteiger partial charge on any atom is -0.456 e. The van der Waals surface area contributed by atoms with Crippen LogP contribution in [0.4, 0.5) is 0 Å². The maximum Gasteiger partial charge on any atom is 0.135 e. The molecule has 0 N–H and O–H groups in total. The van der Waals surface area contributed by atoms with Crippen LogP contribution in [-0.2, 0) is 5.41 Å². The molecule has 5 rings (SSSR count). The molecule has 1 aliphatic rings. The summed E-state index contributed by atoms with van der Waals surface area (Å²) in [6.07, 6.45) is 0. The number of hydrogen-bond donors (Lipinski definition) is 0. The lowest BCUT2D eigenvalue weighted by Gasteiger charge is -2.21. The Labute approximate surface area is 135 Å². The summed E-state index contributed by atoms with van der Waals surface area (Å²) in [5.41, 5.74) is 8.73. The standard InChI is InChI=1S/C22H18O/c1-13-8-9-20-16(10-13)17-11-15-14-6-4-5-7-18(14)22(2,3)19(15)12-21(17)23-20/h4-12H,1-3H3. The molecular weight excluding hydrogens is 280 g/mol. The third-order valence-electron chi connectivity index (χ3n) is 5.33.